The molecule has 0 aliphatic heterocycles. The van der Waals surface area contributed by atoms with Gasteiger partial charge < -0.3 is 10.6 Å². The van der Waals surface area contributed by atoms with E-state index < -0.39 is 15.8 Å². The first-order chi connectivity index (χ1) is 9.76. The Bertz CT molecular complexity index is 648. The van der Waals surface area contributed by atoms with Gasteiger partial charge in [0.05, 0.1) is 11.4 Å². The molecule has 1 unspecified atom stereocenters. The second-order valence-corrected chi connectivity index (χ2v) is 6.61. The van der Waals surface area contributed by atoms with Crippen molar-refractivity contribution in [2.24, 2.45) is 5.73 Å². The average molecular weight is 313 g/mol. The van der Waals surface area contributed by atoms with Crippen molar-refractivity contribution in [3.63, 3.8) is 0 Å². The number of sulfonamides is 1. The second kappa shape index (κ2) is 7.52. The molecule has 5 nitrogen and oxygen atoms in total. The van der Waals surface area contributed by atoms with E-state index in [1.54, 1.807) is 6.92 Å². The van der Waals surface area contributed by atoms with Gasteiger partial charge in [0.15, 0.2) is 0 Å². The first kappa shape index (κ1) is 17.6. The lowest BCUT2D eigenvalue weighted by Gasteiger charge is -2.18. The highest BCUT2D eigenvalue weighted by atomic mass is 32.2. The normalized spacial score (nSPS) is 12.9. The standard InChI is InChI=1S/C14H20FN3O2S/c1-11(10-18(2)3)17-21(19,20)14-7-6-13(15)9-12(14)5-4-8-16/h6-7,9,11,17H,8,10,16H2,1-3H3. The minimum atomic E-state index is -3.77. The molecule has 21 heavy (non-hydrogen) atoms. The zero-order chi connectivity index (χ0) is 16.0. The maximum Gasteiger partial charge on any atom is 0.242 e. The Hall–Kier alpha value is -1.46. The van der Waals surface area contributed by atoms with Crippen LogP contribution >= 0.6 is 0 Å². The maximum absolute atomic E-state index is 13.3. The number of likely N-dealkylation sites (N-methyl/N-ethyl adjacent to an activating group) is 1. The lowest BCUT2D eigenvalue weighted by atomic mass is 10.2. The van der Waals surface area contributed by atoms with Crippen molar-refractivity contribution in [3.8, 4) is 11.8 Å². The Labute approximate surface area is 125 Å². The molecule has 1 aromatic carbocycles. The minimum absolute atomic E-state index is 0.0459. The average Bonchev–Trinajstić information content (AvgIpc) is 2.34. The van der Waals surface area contributed by atoms with Gasteiger partial charge in [0, 0.05) is 18.2 Å². The molecular weight excluding hydrogens is 293 g/mol. The van der Waals surface area contributed by atoms with Gasteiger partial charge in [-0.1, -0.05) is 11.8 Å². The highest BCUT2D eigenvalue weighted by Crippen LogP contribution is 2.16. The largest absolute Gasteiger partial charge is 0.320 e. The number of hydrogen-bond acceptors (Lipinski definition) is 4. The van der Waals surface area contributed by atoms with E-state index in [2.05, 4.69) is 16.6 Å². The molecular formula is C14H20FN3O2S. The van der Waals surface area contributed by atoms with E-state index in [9.17, 15) is 12.8 Å². The van der Waals surface area contributed by atoms with Crippen LogP contribution in [0.4, 0.5) is 4.39 Å². The lowest BCUT2D eigenvalue weighted by Crippen LogP contribution is -2.39. The number of rotatable bonds is 5. The van der Waals surface area contributed by atoms with Gasteiger partial charge in [-0.3, -0.25) is 0 Å². The fourth-order valence-electron chi connectivity index (χ4n) is 1.89. The van der Waals surface area contributed by atoms with Gasteiger partial charge in [-0.25, -0.2) is 17.5 Å². The number of halogens is 1. The highest BCUT2D eigenvalue weighted by molar-refractivity contribution is 7.89. The van der Waals surface area contributed by atoms with E-state index in [0.717, 1.165) is 12.1 Å². The predicted octanol–water partition coefficient (Wildman–Crippen LogP) is 0.364. The summed E-state index contributed by atoms with van der Waals surface area (Å²) in [7, 11) is -0.0735. The van der Waals surface area contributed by atoms with E-state index in [-0.39, 0.29) is 23.0 Å². The molecule has 0 radical (unpaired) electrons. The van der Waals surface area contributed by atoms with E-state index in [1.807, 2.05) is 19.0 Å². The molecule has 1 atom stereocenters. The van der Waals surface area contributed by atoms with Gasteiger partial charge in [-0.05, 0) is 39.2 Å². The maximum atomic E-state index is 13.3. The smallest absolute Gasteiger partial charge is 0.242 e. The lowest BCUT2D eigenvalue weighted by molar-refractivity contribution is 0.370. The summed E-state index contributed by atoms with van der Waals surface area (Å²) in [5.41, 5.74) is 5.37. The molecule has 0 bridgehead atoms. The van der Waals surface area contributed by atoms with Crippen LogP contribution in [-0.4, -0.2) is 46.5 Å². The zero-order valence-corrected chi connectivity index (χ0v) is 13.2. The first-order valence-electron chi connectivity index (χ1n) is 6.42. The Morgan fingerprint density at radius 2 is 2.10 bits per heavy atom. The molecule has 0 heterocycles. The Morgan fingerprint density at radius 1 is 1.43 bits per heavy atom. The molecule has 0 spiro atoms. The number of benzene rings is 1. The fraction of sp³-hybridized carbons (Fsp3) is 0.429. The molecule has 7 heteroatoms. The first-order valence-corrected chi connectivity index (χ1v) is 7.90. The Balaban J connectivity index is 3.13. The van der Waals surface area contributed by atoms with Gasteiger partial charge in [0.1, 0.15) is 5.82 Å². The molecule has 0 saturated heterocycles. The van der Waals surface area contributed by atoms with Crippen LogP contribution in [0.1, 0.15) is 12.5 Å². The van der Waals surface area contributed by atoms with Crippen LogP contribution in [-0.2, 0) is 10.0 Å². The van der Waals surface area contributed by atoms with Crippen molar-refractivity contribution < 1.29 is 12.8 Å². The summed E-state index contributed by atoms with van der Waals surface area (Å²) in [4.78, 5) is 1.82. The molecule has 0 amide bonds. The third-order valence-corrected chi connectivity index (χ3v) is 4.20. The SMILES string of the molecule is CC(CN(C)C)NS(=O)(=O)c1ccc(F)cc1C#CCN. The van der Waals surface area contributed by atoms with Crippen molar-refractivity contribution in [2.75, 3.05) is 27.2 Å². The monoisotopic (exact) mass is 313 g/mol. The van der Waals surface area contributed by atoms with Gasteiger partial charge in [0.2, 0.25) is 10.0 Å². The van der Waals surface area contributed by atoms with E-state index in [0.29, 0.717) is 6.54 Å². The summed E-state index contributed by atoms with van der Waals surface area (Å²) < 4.78 is 40.6. The molecule has 1 rings (SSSR count). The Morgan fingerprint density at radius 3 is 2.67 bits per heavy atom. The molecule has 1 aromatic rings. The van der Waals surface area contributed by atoms with Crippen molar-refractivity contribution >= 4 is 10.0 Å². The molecule has 0 aliphatic carbocycles. The van der Waals surface area contributed by atoms with Crippen LogP contribution in [0, 0.1) is 17.7 Å². The van der Waals surface area contributed by atoms with Crippen LogP contribution in [0.2, 0.25) is 0 Å². The summed E-state index contributed by atoms with van der Waals surface area (Å²) in [5, 5.41) is 0. The third-order valence-electron chi connectivity index (χ3n) is 2.55. The number of nitrogens with two attached hydrogens (primary N) is 1. The molecule has 3 N–H and O–H groups in total. The number of nitrogens with one attached hydrogen (secondary N) is 1. The van der Waals surface area contributed by atoms with Crippen molar-refractivity contribution in [1.29, 1.82) is 0 Å². The predicted molar refractivity (Wildman–Crippen MR) is 80.7 cm³/mol. The van der Waals surface area contributed by atoms with Crippen molar-refractivity contribution in [3.05, 3.63) is 29.6 Å². The number of hydrogen-bond donors (Lipinski definition) is 2. The second-order valence-electron chi connectivity index (χ2n) is 4.93. The topological polar surface area (TPSA) is 75.4 Å². The van der Waals surface area contributed by atoms with Crippen LogP contribution in [0.3, 0.4) is 0 Å². The molecule has 0 aliphatic rings. The summed E-state index contributed by atoms with van der Waals surface area (Å²) >= 11 is 0. The van der Waals surface area contributed by atoms with Gasteiger partial charge in [-0.2, -0.15) is 0 Å². The van der Waals surface area contributed by atoms with Crippen LogP contribution in [0.25, 0.3) is 0 Å². The van der Waals surface area contributed by atoms with Gasteiger partial charge in [-0.15, -0.1) is 0 Å². The number of nitrogens with zero attached hydrogens (tertiary/aromatic N) is 1. The van der Waals surface area contributed by atoms with Crippen molar-refractivity contribution in [1.82, 2.24) is 9.62 Å². The minimum Gasteiger partial charge on any atom is -0.320 e. The zero-order valence-electron chi connectivity index (χ0n) is 12.4. The highest BCUT2D eigenvalue weighted by Gasteiger charge is 2.21. The Kier molecular flexibility index (Phi) is 6.30. The molecule has 116 valence electrons. The molecule has 0 saturated carbocycles. The quantitative estimate of drug-likeness (QED) is 0.770. The van der Waals surface area contributed by atoms with Crippen LogP contribution < -0.4 is 10.5 Å². The van der Waals surface area contributed by atoms with Gasteiger partial charge in [0.25, 0.3) is 0 Å². The molecule has 0 aromatic heterocycles. The summed E-state index contributed by atoms with van der Waals surface area (Å²) in [6.45, 7) is 2.37. The summed E-state index contributed by atoms with van der Waals surface area (Å²) in [6.07, 6.45) is 0. The van der Waals surface area contributed by atoms with Gasteiger partial charge >= 0.3 is 0 Å². The van der Waals surface area contributed by atoms with Crippen molar-refractivity contribution in [2.45, 2.75) is 17.9 Å². The third kappa shape index (κ3) is 5.44. The van der Waals surface area contributed by atoms with Crippen LogP contribution in [0.5, 0.6) is 0 Å². The van der Waals surface area contributed by atoms with E-state index in [1.165, 1.54) is 6.07 Å². The molecule has 0 fully saturated rings. The van der Waals surface area contributed by atoms with E-state index in [4.69, 9.17) is 5.73 Å². The fourth-order valence-corrected chi connectivity index (χ4v) is 3.27. The summed E-state index contributed by atoms with van der Waals surface area (Å²) in [5.74, 6) is 4.58. The van der Waals surface area contributed by atoms with E-state index >= 15 is 0 Å². The summed E-state index contributed by atoms with van der Waals surface area (Å²) in [6, 6.07) is 3.11. The van der Waals surface area contributed by atoms with Crippen LogP contribution in [0.15, 0.2) is 23.1 Å².